The van der Waals surface area contributed by atoms with Crippen LogP contribution in [0.25, 0.3) is 0 Å². The van der Waals surface area contributed by atoms with Crippen LogP contribution in [0.4, 0.5) is 0 Å². The zero-order chi connectivity index (χ0) is 11.3. The van der Waals surface area contributed by atoms with E-state index in [1.165, 1.54) is 50.8 Å². The first kappa shape index (κ1) is 12.7. The van der Waals surface area contributed by atoms with Crippen LogP contribution in [-0.2, 0) is 4.74 Å². The van der Waals surface area contributed by atoms with Gasteiger partial charge in [0, 0.05) is 17.9 Å². The van der Waals surface area contributed by atoms with Crippen molar-refractivity contribution in [1.82, 2.24) is 5.32 Å². The van der Waals surface area contributed by atoms with Crippen LogP contribution in [0.2, 0.25) is 0 Å². The molecular weight excluding hydrogens is 218 g/mol. The molecule has 2 fully saturated rings. The molecule has 2 aliphatic heterocycles. The summed E-state index contributed by atoms with van der Waals surface area (Å²) in [5.74, 6) is 1.36. The molecular formula is C13H25NOS. The highest BCUT2D eigenvalue weighted by Crippen LogP contribution is 2.36. The molecule has 0 amide bonds. The summed E-state index contributed by atoms with van der Waals surface area (Å²) in [4.78, 5) is 0. The molecule has 0 aromatic heterocycles. The summed E-state index contributed by atoms with van der Waals surface area (Å²) in [6.07, 6.45) is 8.43. The minimum absolute atomic E-state index is 0.518. The average Bonchev–Trinajstić information content (AvgIpc) is 2.89. The molecule has 2 unspecified atom stereocenters. The summed E-state index contributed by atoms with van der Waals surface area (Å²) >= 11 is 2.14. The molecule has 2 nitrogen and oxygen atoms in total. The van der Waals surface area contributed by atoms with Gasteiger partial charge in [0.05, 0.1) is 6.10 Å². The van der Waals surface area contributed by atoms with Crippen molar-refractivity contribution in [2.45, 2.75) is 56.3 Å². The van der Waals surface area contributed by atoms with E-state index in [9.17, 15) is 0 Å². The minimum atomic E-state index is 0.518. The Morgan fingerprint density at radius 1 is 1.44 bits per heavy atom. The van der Waals surface area contributed by atoms with Gasteiger partial charge in [-0.15, -0.1) is 0 Å². The van der Waals surface area contributed by atoms with Crippen molar-refractivity contribution in [3.05, 3.63) is 0 Å². The van der Waals surface area contributed by atoms with E-state index in [2.05, 4.69) is 24.0 Å². The lowest BCUT2D eigenvalue weighted by Crippen LogP contribution is -2.33. The van der Waals surface area contributed by atoms with Crippen LogP contribution in [0, 0.1) is 0 Å². The van der Waals surface area contributed by atoms with Crippen LogP contribution in [0.1, 0.15) is 45.4 Å². The highest BCUT2D eigenvalue weighted by atomic mass is 32.2. The third-order valence-corrected chi connectivity index (χ3v) is 5.24. The van der Waals surface area contributed by atoms with E-state index >= 15 is 0 Å². The zero-order valence-electron chi connectivity index (χ0n) is 10.5. The van der Waals surface area contributed by atoms with Crippen molar-refractivity contribution < 1.29 is 4.74 Å². The minimum Gasteiger partial charge on any atom is -0.378 e. The molecule has 2 heterocycles. The Labute approximate surface area is 104 Å². The normalized spacial score (nSPS) is 34.7. The van der Waals surface area contributed by atoms with E-state index < -0.39 is 0 Å². The van der Waals surface area contributed by atoms with E-state index in [0.717, 1.165) is 13.2 Å². The van der Waals surface area contributed by atoms with Crippen LogP contribution in [-0.4, -0.2) is 36.3 Å². The Balaban J connectivity index is 1.48. The number of hydrogen-bond donors (Lipinski definition) is 1. The first-order valence-corrected chi connectivity index (χ1v) is 7.73. The molecule has 94 valence electrons. The monoisotopic (exact) mass is 243 g/mol. The standard InChI is InChI=1S/C13H25NOS/c1-13(7-4-10-16-13)11-14-8-2-5-12-6-3-9-15-12/h12,14H,2-11H2,1H3. The average molecular weight is 243 g/mol. The summed E-state index contributed by atoms with van der Waals surface area (Å²) in [5, 5.41) is 3.62. The Bertz CT molecular complexity index is 198. The van der Waals surface area contributed by atoms with Crippen molar-refractivity contribution in [3.8, 4) is 0 Å². The zero-order valence-corrected chi connectivity index (χ0v) is 11.3. The smallest absolute Gasteiger partial charge is 0.0576 e. The van der Waals surface area contributed by atoms with E-state index in [1.807, 2.05) is 0 Å². The molecule has 16 heavy (non-hydrogen) atoms. The second kappa shape index (κ2) is 6.27. The quantitative estimate of drug-likeness (QED) is 0.725. The van der Waals surface area contributed by atoms with Crippen molar-refractivity contribution in [2.24, 2.45) is 0 Å². The Hall–Kier alpha value is 0.270. The highest BCUT2D eigenvalue weighted by molar-refractivity contribution is 8.00. The fraction of sp³-hybridized carbons (Fsp3) is 1.00. The third-order valence-electron chi connectivity index (χ3n) is 3.70. The molecule has 0 aromatic rings. The van der Waals surface area contributed by atoms with Crippen LogP contribution in [0.5, 0.6) is 0 Å². The van der Waals surface area contributed by atoms with Crippen molar-refractivity contribution in [2.75, 3.05) is 25.4 Å². The maximum atomic E-state index is 5.62. The molecule has 3 heteroatoms. The summed E-state index contributed by atoms with van der Waals surface area (Å²) < 4.78 is 6.14. The van der Waals surface area contributed by atoms with E-state index in [0.29, 0.717) is 10.9 Å². The second-order valence-electron chi connectivity index (χ2n) is 5.36. The van der Waals surface area contributed by atoms with Gasteiger partial charge in [0.15, 0.2) is 0 Å². The van der Waals surface area contributed by atoms with Gasteiger partial charge in [-0.3, -0.25) is 0 Å². The summed E-state index contributed by atoms with van der Waals surface area (Å²) in [5.41, 5.74) is 0. The lowest BCUT2D eigenvalue weighted by molar-refractivity contribution is 0.102. The maximum absolute atomic E-state index is 5.62. The second-order valence-corrected chi connectivity index (χ2v) is 7.04. The third kappa shape index (κ3) is 3.94. The predicted octanol–water partition coefficient (Wildman–Crippen LogP) is 2.82. The molecule has 2 aliphatic rings. The number of nitrogens with one attached hydrogen (secondary N) is 1. The van der Waals surface area contributed by atoms with Gasteiger partial charge in [-0.05, 0) is 57.7 Å². The predicted molar refractivity (Wildman–Crippen MR) is 71.2 cm³/mol. The van der Waals surface area contributed by atoms with Crippen LogP contribution >= 0.6 is 11.8 Å². The lowest BCUT2D eigenvalue weighted by Gasteiger charge is -2.23. The van der Waals surface area contributed by atoms with E-state index in [1.54, 1.807) is 0 Å². The van der Waals surface area contributed by atoms with E-state index in [4.69, 9.17) is 4.74 Å². The number of hydrogen-bond acceptors (Lipinski definition) is 3. The van der Waals surface area contributed by atoms with Gasteiger partial charge in [0.2, 0.25) is 0 Å². The van der Waals surface area contributed by atoms with Gasteiger partial charge in [0.1, 0.15) is 0 Å². The van der Waals surface area contributed by atoms with Crippen molar-refractivity contribution in [1.29, 1.82) is 0 Å². The number of ether oxygens (including phenoxy) is 1. The van der Waals surface area contributed by atoms with Crippen molar-refractivity contribution in [3.63, 3.8) is 0 Å². The SMILES string of the molecule is CC1(CNCCCC2CCCO2)CCCS1. The Morgan fingerprint density at radius 3 is 3.06 bits per heavy atom. The van der Waals surface area contributed by atoms with E-state index in [-0.39, 0.29) is 0 Å². The Morgan fingerprint density at radius 2 is 2.38 bits per heavy atom. The fourth-order valence-electron chi connectivity index (χ4n) is 2.66. The van der Waals surface area contributed by atoms with Crippen LogP contribution in [0.3, 0.4) is 0 Å². The molecule has 0 radical (unpaired) electrons. The van der Waals surface area contributed by atoms with Gasteiger partial charge < -0.3 is 10.1 Å². The number of rotatable bonds is 6. The van der Waals surface area contributed by atoms with Crippen LogP contribution in [0.15, 0.2) is 0 Å². The largest absolute Gasteiger partial charge is 0.378 e. The molecule has 2 saturated heterocycles. The maximum Gasteiger partial charge on any atom is 0.0576 e. The molecule has 1 N–H and O–H groups in total. The van der Waals surface area contributed by atoms with Gasteiger partial charge in [-0.1, -0.05) is 0 Å². The Kier molecular flexibility index (Phi) is 4.98. The molecule has 0 aliphatic carbocycles. The molecule has 0 bridgehead atoms. The van der Waals surface area contributed by atoms with Gasteiger partial charge in [-0.2, -0.15) is 11.8 Å². The molecule has 0 saturated carbocycles. The first-order valence-electron chi connectivity index (χ1n) is 6.75. The lowest BCUT2D eigenvalue weighted by atomic mass is 10.1. The topological polar surface area (TPSA) is 21.3 Å². The summed E-state index contributed by atoms with van der Waals surface area (Å²) in [6.45, 7) is 5.74. The van der Waals surface area contributed by atoms with Crippen LogP contribution < -0.4 is 5.32 Å². The number of thioether (sulfide) groups is 1. The van der Waals surface area contributed by atoms with Crippen molar-refractivity contribution >= 4 is 11.8 Å². The molecule has 2 rings (SSSR count). The first-order chi connectivity index (χ1) is 7.79. The highest BCUT2D eigenvalue weighted by Gasteiger charge is 2.28. The summed E-state index contributed by atoms with van der Waals surface area (Å²) in [7, 11) is 0. The van der Waals surface area contributed by atoms with Gasteiger partial charge in [0.25, 0.3) is 0 Å². The summed E-state index contributed by atoms with van der Waals surface area (Å²) in [6, 6.07) is 0. The molecule has 0 aromatic carbocycles. The fourth-order valence-corrected chi connectivity index (χ4v) is 3.93. The molecule has 2 atom stereocenters. The van der Waals surface area contributed by atoms with Gasteiger partial charge in [-0.25, -0.2) is 0 Å². The molecule has 0 spiro atoms. The van der Waals surface area contributed by atoms with Gasteiger partial charge >= 0.3 is 0 Å².